The SMILES string of the molecule is Cc1ccc(C(C(=O)NC(Cc2ccccc2)C(=O)OC(C)(C)C)N(C(=O)C(CO)NC(=O)OC(C)(C)C)C2CCC2)cc1C. The van der Waals surface area contributed by atoms with Crippen molar-refractivity contribution in [2.45, 2.75) is 116 Å². The molecule has 1 aliphatic rings. The number of nitrogens with zero attached hydrogens (tertiary/aromatic N) is 1. The molecule has 0 aromatic heterocycles. The first-order chi connectivity index (χ1) is 21.0. The molecule has 1 saturated carbocycles. The second-order valence-electron chi connectivity index (χ2n) is 13.7. The summed E-state index contributed by atoms with van der Waals surface area (Å²) in [7, 11) is 0. The zero-order valence-corrected chi connectivity index (χ0v) is 27.8. The van der Waals surface area contributed by atoms with Crippen LogP contribution in [0.15, 0.2) is 48.5 Å². The first-order valence-electron chi connectivity index (χ1n) is 15.6. The number of ether oxygens (including phenoxy) is 2. The Morgan fingerprint density at radius 2 is 1.49 bits per heavy atom. The summed E-state index contributed by atoms with van der Waals surface area (Å²) in [6.45, 7) is 13.5. The Balaban J connectivity index is 2.05. The summed E-state index contributed by atoms with van der Waals surface area (Å²) in [6.07, 6.45) is 1.46. The maximum Gasteiger partial charge on any atom is 0.408 e. The molecule has 246 valence electrons. The Morgan fingerprint density at radius 1 is 0.867 bits per heavy atom. The molecule has 0 heterocycles. The van der Waals surface area contributed by atoms with Crippen molar-refractivity contribution in [3.05, 3.63) is 70.8 Å². The predicted molar refractivity (Wildman–Crippen MR) is 171 cm³/mol. The summed E-state index contributed by atoms with van der Waals surface area (Å²) in [4.78, 5) is 56.2. The van der Waals surface area contributed by atoms with Crippen LogP contribution in [0.3, 0.4) is 0 Å². The first kappa shape index (κ1) is 35.6. The minimum absolute atomic E-state index is 0.179. The molecule has 0 spiro atoms. The largest absolute Gasteiger partial charge is 0.458 e. The number of nitrogens with one attached hydrogen (secondary N) is 2. The van der Waals surface area contributed by atoms with Gasteiger partial charge in [0.1, 0.15) is 29.3 Å². The maximum atomic E-state index is 14.4. The van der Waals surface area contributed by atoms with Gasteiger partial charge in [-0.3, -0.25) is 9.59 Å². The minimum Gasteiger partial charge on any atom is -0.458 e. The number of aliphatic hydroxyl groups is 1. The molecular weight excluding hydrogens is 574 g/mol. The average Bonchev–Trinajstić information content (AvgIpc) is 2.90. The number of rotatable bonds is 11. The molecule has 3 unspecified atom stereocenters. The molecule has 2 aromatic rings. The molecule has 0 bridgehead atoms. The third kappa shape index (κ3) is 10.3. The minimum atomic E-state index is -1.35. The van der Waals surface area contributed by atoms with Crippen molar-refractivity contribution in [3.8, 4) is 0 Å². The van der Waals surface area contributed by atoms with E-state index in [-0.39, 0.29) is 12.5 Å². The number of carbonyl (C=O) groups is 4. The van der Waals surface area contributed by atoms with Crippen molar-refractivity contribution in [2.24, 2.45) is 0 Å². The quantitative estimate of drug-likeness (QED) is 0.310. The molecule has 3 amide bonds. The predicted octanol–water partition coefficient (Wildman–Crippen LogP) is 4.68. The number of aryl methyl sites for hydroxylation is 2. The number of amides is 3. The molecule has 3 N–H and O–H groups in total. The second kappa shape index (κ2) is 14.9. The molecular formula is C35H49N3O7. The van der Waals surface area contributed by atoms with Crippen LogP contribution in [0, 0.1) is 13.8 Å². The zero-order valence-electron chi connectivity index (χ0n) is 27.8. The molecule has 10 heteroatoms. The lowest BCUT2D eigenvalue weighted by molar-refractivity contribution is -0.159. The van der Waals surface area contributed by atoms with Crippen LogP contribution in [0.1, 0.15) is 89.1 Å². The van der Waals surface area contributed by atoms with E-state index >= 15 is 0 Å². The number of aliphatic hydroxyl groups excluding tert-OH is 1. The van der Waals surface area contributed by atoms with Crippen LogP contribution in [0.2, 0.25) is 0 Å². The van der Waals surface area contributed by atoms with Crippen LogP contribution >= 0.6 is 0 Å². The van der Waals surface area contributed by atoms with E-state index in [1.54, 1.807) is 47.6 Å². The van der Waals surface area contributed by atoms with E-state index in [0.717, 1.165) is 23.1 Å². The Bertz CT molecular complexity index is 1340. The molecule has 0 saturated heterocycles. The van der Waals surface area contributed by atoms with E-state index in [9.17, 15) is 24.3 Å². The van der Waals surface area contributed by atoms with Gasteiger partial charge >= 0.3 is 12.1 Å². The fraction of sp³-hybridized carbons (Fsp3) is 0.543. The van der Waals surface area contributed by atoms with Gasteiger partial charge in [0.25, 0.3) is 0 Å². The number of benzene rings is 2. The number of alkyl carbamates (subject to hydrolysis) is 1. The lowest BCUT2D eigenvalue weighted by atomic mass is 9.87. The van der Waals surface area contributed by atoms with Gasteiger partial charge in [0.05, 0.1) is 6.61 Å². The summed E-state index contributed by atoms with van der Waals surface area (Å²) in [5.74, 6) is -1.79. The highest BCUT2D eigenvalue weighted by Gasteiger charge is 2.43. The van der Waals surface area contributed by atoms with Crippen molar-refractivity contribution in [1.29, 1.82) is 0 Å². The molecule has 1 fully saturated rings. The van der Waals surface area contributed by atoms with E-state index in [1.807, 2.05) is 56.3 Å². The smallest absolute Gasteiger partial charge is 0.408 e. The van der Waals surface area contributed by atoms with Gasteiger partial charge in [-0.15, -0.1) is 0 Å². The van der Waals surface area contributed by atoms with E-state index in [0.29, 0.717) is 18.4 Å². The van der Waals surface area contributed by atoms with Crippen LogP contribution in [0.5, 0.6) is 0 Å². The summed E-state index contributed by atoms with van der Waals surface area (Å²) in [6, 6.07) is 11.0. The average molecular weight is 624 g/mol. The van der Waals surface area contributed by atoms with Crippen LogP contribution in [0.25, 0.3) is 0 Å². The van der Waals surface area contributed by atoms with Gasteiger partial charge in [0, 0.05) is 12.5 Å². The highest BCUT2D eigenvalue weighted by molar-refractivity contribution is 5.94. The third-order valence-electron chi connectivity index (χ3n) is 7.56. The van der Waals surface area contributed by atoms with Gasteiger partial charge in [-0.05, 0) is 96.9 Å². The topological polar surface area (TPSA) is 134 Å². The number of hydrogen-bond acceptors (Lipinski definition) is 7. The van der Waals surface area contributed by atoms with Crippen molar-refractivity contribution >= 4 is 23.9 Å². The van der Waals surface area contributed by atoms with E-state index in [1.165, 1.54) is 4.90 Å². The maximum absolute atomic E-state index is 14.4. The fourth-order valence-electron chi connectivity index (χ4n) is 5.04. The van der Waals surface area contributed by atoms with Crippen molar-refractivity contribution < 1.29 is 33.8 Å². The Morgan fingerprint density at radius 3 is 2.00 bits per heavy atom. The van der Waals surface area contributed by atoms with Crippen molar-refractivity contribution in [1.82, 2.24) is 15.5 Å². The molecule has 10 nitrogen and oxygen atoms in total. The second-order valence-corrected chi connectivity index (χ2v) is 13.7. The Labute approximate surface area is 266 Å². The van der Waals surface area contributed by atoms with Crippen LogP contribution < -0.4 is 10.6 Å². The molecule has 0 aliphatic heterocycles. The summed E-state index contributed by atoms with van der Waals surface area (Å²) in [5.41, 5.74) is 1.69. The lowest BCUT2D eigenvalue weighted by Crippen LogP contribution is -2.59. The van der Waals surface area contributed by atoms with Crippen LogP contribution in [-0.2, 0) is 30.3 Å². The van der Waals surface area contributed by atoms with E-state index < -0.39 is 59.8 Å². The Kier molecular flexibility index (Phi) is 11.8. The highest BCUT2D eigenvalue weighted by Crippen LogP contribution is 2.34. The van der Waals surface area contributed by atoms with Gasteiger partial charge in [-0.1, -0.05) is 48.5 Å². The monoisotopic (exact) mass is 623 g/mol. The molecule has 45 heavy (non-hydrogen) atoms. The summed E-state index contributed by atoms with van der Waals surface area (Å²) < 4.78 is 11.0. The van der Waals surface area contributed by atoms with E-state index in [2.05, 4.69) is 10.6 Å². The molecule has 1 aliphatic carbocycles. The molecule has 2 aromatic carbocycles. The fourth-order valence-corrected chi connectivity index (χ4v) is 5.04. The first-order valence-corrected chi connectivity index (χ1v) is 15.6. The Hall–Kier alpha value is -3.92. The number of carbonyl (C=O) groups excluding carboxylic acids is 4. The summed E-state index contributed by atoms with van der Waals surface area (Å²) >= 11 is 0. The third-order valence-corrected chi connectivity index (χ3v) is 7.56. The molecule has 3 atom stereocenters. The molecule has 3 rings (SSSR count). The lowest BCUT2D eigenvalue weighted by Gasteiger charge is -2.43. The highest BCUT2D eigenvalue weighted by atomic mass is 16.6. The van der Waals surface area contributed by atoms with Crippen molar-refractivity contribution in [2.75, 3.05) is 6.61 Å². The van der Waals surface area contributed by atoms with Gasteiger partial charge in [-0.2, -0.15) is 0 Å². The zero-order chi connectivity index (χ0) is 33.5. The van der Waals surface area contributed by atoms with Crippen LogP contribution in [0.4, 0.5) is 4.79 Å². The number of esters is 1. The van der Waals surface area contributed by atoms with Gasteiger partial charge in [-0.25, -0.2) is 9.59 Å². The standard InChI is InChI=1S/C35H49N3O7/c1-22-17-18-25(19-23(22)2)29(30(40)36-27(32(42)44-34(3,4)5)20-24-13-10-9-11-14-24)38(26-15-12-16-26)31(41)28(21-39)37-33(43)45-35(6,7)8/h9-11,13-14,17-19,26-29,39H,12,15-16,20-21H2,1-8H3,(H,36,40)(H,37,43). The van der Waals surface area contributed by atoms with Crippen molar-refractivity contribution in [3.63, 3.8) is 0 Å². The molecule has 0 radical (unpaired) electrons. The van der Waals surface area contributed by atoms with E-state index in [4.69, 9.17) is 9.47 Å². The normalized spacial score (nSPS) is 15.6. The van der Waals surface area contributed by atoms with Gasteiger partial charge < -0.3 is 30.1 Å². The number of hydrogen-bond donors (Lipinski definition) is 3. The van der Waals surface area contributed by atoms with Crippen LogP contribution in [-0.4, -0.2) is 69.8 Å². The summed E-state index contributed by atoms with van der Waals surface area (Å²) in [5, 5.41) is 15.6. The van der Waals surface area contributed by atoms with Gasteiger partial charge in [0.2, 0.25) is 11.8 Å². The van der Waals surface area contributed by atoms with Gasteiger partial charge in [0.15, 0.2) is 0 Å².